The van der Waals surface area contributed by atoms with Crippen LogP contribution in [0.5, 0.6) is 0 Å². The highest BCUT2D eigenvalue weighted by molar-refractivity contribution is 6.24. The molecule has 1 unspecified atom stereocenters. The van der Waals surface area contributed by atoms with Gasteiger partial charge in [-0.05, 0) is 35.4 Å². The van der Waals surface area contributed by atoms with Crippen molar-refractivity contribution in [1.82, 2.24) is 0 Å². The third-order valence-electron chi connectivity index (χ3n) is 4.20. The molecule has 0 aromatic heterocycles. The smallest absolute Gasteiger partial charge is 0.238 e. The van der Waals surface area contributed by atoms with Gasteiger partial charge in [-0.1, -0.05) is 54.6 Å². The summed E-state index contributed by atoms with van der Waals surface area (Å²) in [6.07, 6.45) is 0. The molecule has 1 aliphatic rings. The Hall–Kier alpha value is -3.27. The number of nitrogens with one attached hydrogen (secondary N) is 1. The lowest BCUT2D eigenvalue weighted by molar-refractivity contribution is -0.115. The van der Waals surface area contributed by atoms with Crippen LogP contribution in [0.1, 0.15) is 17.0 Å². The van der Waals surface area contributed by atoms with Crippen LogP contribution in [0.4, 0.5) is 15.8 Å². The van der Waals surface area contributed by atoms with Crippen molar-refractivity contribution in [2.24, 2.45) is 4.99 Å². The lowest BCUT2D eigenvalue weighted by Gasteiger charge is -2.14. The SMILES string of the molecule is O=C1Nc2cc(F)ccc2C1C(=Nc1ccccc1)c1ccccc1. The Kier molecular flexibility index (Phi) is 3.86. The van der Waals surface area contributed by atoms with Crippen LogP contribution >= 0.6 is 0 Å². The molecule has 0 bridgehead atoms. The van der Waals surface area contributed by atoms with Gasteiger partial charge in [-0.25, -0.2) is 4.39 Å². The summed E-state index contributed by atoms with van der Waals surface area (Å²) >= 11 is 0. The number of aliphatic imine (C=N–C) groups is 1. The van der Waals surface area contributed by atoms with Crippen molar-refractivity contribution >= 4 is 23.0 Å². The summed E-state index contributed by atoms with van der Waals surface area (Å²) in [7, 11) is 0. The fraction of sp³-hybridized carbons (Fsp3) is 0.0476. The minimum Gasteiger partial charge on any atom is -0.325 e. The Bertz CT molecular complexity index is 952. The van der Waals surface area contributed by atoms with Gasteiger partial charge in [0.05, 0.1) is 11.4 Å². The van der Waals surface area contributed by atoms with Crippen LogP contribution in [0.15, 0.2) is 83.9 Å². The molecule has 1 aliphatic heterocycles. The Balaban J connectivity index is 1.88. The summed E-state index contributed by atoms with van der Waals surface area (Å²) in [5.74, 6) is -1.14. The first-order chi connectivity index (χ1) is 12.2. The molecule has 1 atom stereocenters. The van der Waals surface area contributed by atoms with Gasteiger partial charge in [-0.2, -0.15) is 0 Å². The van der Waals surface area contributed by atoms with E-state index in [1.807, 2.05) is 60.7 Å². The topological polar surface area (TPSA) is 41.5 Å². The number of amides is 1. The van der Waals surface area contributed by atoms with E-state index in [2.05, 4.69) is 5.32 Å². The van der Waals surface area contributed by atoms with E-state index in [4.69, 9.17) is 4.99 Å². The number of hydrogen-bond acceptors (Lipinski definition) is 2. The zero-order valence-corrected chi connectivity index (χ0v) is 13.3. The first kappa shape index (κ1) is 15.3. The summed E-state index contributed by atoms with van der Waals surface area (Å²) in [5, 5.41) is 2.76. The molecule has 3 aromatic carbocycles. The normalized spacial score (nSPS) is 16.4. The number of para-hydroxylation sites is 1. The molecular formula is C21H15FN2O. The van der Waals surface area contributed by atoms with E-state index in [0.29, 0.717) is 11.4 Å². The predicted molar refractivity (Wildman–Crippen MR) is 96.9 cm³/mol. The van der Waals surface area contributed by atoms with Gasteiger partial charge < -0.3 is 5.32 Å². The summed E-state index contributed by atoms with van der Waals surface area (Å²) in [6, 6.07) is 23.5. The predicted octanol–water partition coefficient (Wildman–Crippen LogP) is 4.68. The van der Waals surface area contributed by atoms with E-state index in [9.17, 15) is 9.18 Å². The zero-order valence-electron chi connectivity index (χ0n) is 13.3. The van der Waals surface area contributed by atoms with Gasteiger partial charge in [0.15, 0.2) is 0 Å². The molecule has 25 heavy (non-hydrogen) atoms. The summed E-state index contributed by atoms with van der Waals surface area (Å²) in [4.78, 5) is 17.4. The molecule has 4 heteroatoms. The van der Waals surface area contributed by atoms with Gasteiger partial charge in [0.2, 0.25) is 5.91 Å². The highest BCUT2D eigenvalue weighted by Gasteiger charge is 2.35. The van der Waals surface area contributed by atoms with Crippen molar-refractivity contribution in [3.63, 3.8) is 0 Å². The van der Waals surface area contributed by atoms with Crippen LogP contribution < -0.4 is 5.32 Å². The Morgan fingerprint density at radius 1 is 0.920 bits per heavy atom. The first-order valence-corrected chi connectivity index (χ1v) is 8.02. The van der Waals surface area contributed by atoms with Crippen molar-refractivity contribution in [3.05, 3.63) is 95.8 Å². The highest BCUT2D eigenvalue weighted by atomic mass is 19.1. The average molecular weight is 330 g/mol. The monoisotopic (exact) mass is 330 g/mol. The maximum atomic E-state index is 13.5. The molecule has 3 nitrogen and oxygen atoms in total. The lowest BCUT2D eigenvalue weighted by Crippen LogP contribution is -2.21. The summed E-state index contributed by atoms with van der Waals surface area (Å²) in [6.45, 7) is 0. The van der Waals surface area contributed by atoms with Crippen LogP contribution in [0.25, 0.3) is 0 Å². The van der Waals surface area contributed by atoms with E-state index < -0.39 is 5.92 Å². The Labute approximate surface area is 144 Å². The average Bonchev–Trinajstić information content (AvgIpc) is 2.96. The number of rotatable bonds is 3. The zero-order chi connectivity index (χ0) is 17.2. The fourth-order valence-electron chi connectivity index (χ4n) is 3.05. The fourth-order valence-corrected chi connectivity index (χ4v) is 3.05. The Morgan fingerprint density at radius 3 is 2.32 bits per heavy atom. The van der Waals surface area contributed by atoms with Crippen LogP contribution in [0.3, 0.4) is 0 Å². The molecule has 1 amide bonds. The highest BCUT2D eigenvalue weighted by Crippen LogP contribution is 2.36. The maximum absolute atomic E-state index is 13.5. The lowest BCUT2D eigenvalue weighted by atomic mass is 9.90. The van der Waals surface area contributed by atoms with E-state index in [-0.39, 0.29) is 11.7 Å². The number of carbonyl (C=O) groups excluding carboxylic acids is 1. The molecule has 0 radical (unpaired) electrons. The molecule has 3 aromatic rings. The number of anilines is 1. The van der Waals surface area contributed by atoms with E-state index >= 15 is 0 Å². The van der Waals surface area contributed by atoms with Crippen molar-refractivity contribution in [2.75, 3.05) is 5.32 Å². The first-order valence-electron chi connectivity index (χ1n) is 8.02. The van der Waals surface area contributed by atoms with Gasteiger partial charge in [0.1, 0.15) is 11.7 Å². The van der Waals surface area contributed by atoms with Crippen LogP contribution in [0, 0.1) is 5.82 Å². The molecule has 4 rings (SSSR count). The number of carbonyl (C=O) groups is 1. The third kappa shape index (κ3) is 2.94. The minimum absolute atomic E-state index is 0.195. The number of hydrogen-bond donors (Lipinski definition) is 1. The molecular weight excluding hydrogens is 315 g/mol. The van der Waals surface area contributed by atoms with Crippen molar-refractivity contribution in [2.45, 2.75) is 5.92 Å². The second kappa shape index (κ2) is 6.32. The van der Waals surface area contributed by atoms with E-state index in [1.165, 1.54) is 12.1 Å². The summed E-state index contributed by atoms with van der Waals surface area (Å²) in [5.41, 5.74) is 3.53. The molecule has 1 N–H and O–H groups in total. The van der Waals surface area contributed by atoms with Crippen LogP contribution in [-0.4, -0.2) is 11.6 Å². The maximum Gasteiger partial charge on any atom is 0.238 e. The summed E-state index contributed by atoms with van der Waals surface area (Å²) < 4.78 is 13.5. The molecule has 0 aliphatic carbocycles. The third-order valence-corrected chi connectivity index (χ3v) is 4.20. The number of nitrogens with zero attached hydrogens (tertiary/aromatic N) is 1. The standard InChI is InChI=1S/C21H15FN2O/c22-15-11-12-17-18(13-15)24-21(25)19(17)20(14-7-3-1-4-8-14)23-16-9-5-2-6-10-16/h1-13,19H,(H,24,25). The van der Waals surface area contributed by atoms with Crippen molar-refractivity contribution < 1.29 is 9.18 Å². The van der Waals surface area contributed by atoms with Gasteiger partial charge in [0, 0.05) is 5.69 Å². The number of halogens is 1. The van der Waals surface area contributed by atoms with Gasteiger partial charge in [0.25, 0.3) is 0 Å². The quantitative estimate of drug-likeness (QED) is 0.696. The largest absolute Gasteiger partial charge is 0.325 e. The Morgan fingerprint density at radius 2 is 1.60 bits per heavy atom. The molecule has 0 fully saturated rings. The van der Waals surface area contributed by atoms with Crippen LogP contribution in [0.2, 0.25) is 0 Å². The van der Waals surface area contributed by atoms with Crippen molar-refractivity contribution in [1.29, 1.82) is 0 Å². The molecule has 0 saturated heterocycles. The number of fused-ring (bicyclic) bond motifs is 1. The second-order valence-corrected chi connectivity index (χ2v) is 5.85. The van der Waals surface area contributed by atoms with E-state index in [1.54, 1.807) is 6.07 Å². The second-order valence-electron chi connectivity index (χ2n) is 5.85. The van der Waals surface area contributed by atoms with Gasteiger partial charge in [-0.15, -0.1) is 0 Å². The number of benzene rings is 3. The molecule has 122 valence electrons. The van der Waals surface area contributed by atoms with E-state index in [0.717, 1.165) is 16.8 Å². The van der Waals surface area contributed by atoms with Crippen LogP contribution in [-0.2, 0) is 4.79 Å². The molecule has 0 spiro atoms. The van der Waals surface area contributed by atoms with Gasteiger partial charge in [-0.3, -0.25) is 9.79 Å². The minimum atomic E-state index is -0.571. The van der Waals surface area contributed by atoms with Gasteiger partial charge >= 0.3 is 0 Å². The molecule has 1 heterocycles. The molecule has 0 saturated carbocycles. The van der Waals surface area contributed by atoms with Crippen molar-refractivity contribution in [3.8, 4) is 0 Å².